The fraction of sp³-hybridized carbons (Fsp3) is 0.263. The van der Waals surface area contributed by atoms with E-state index in [1.165, 1.54) is 11.0 Å². The van der Waals surface area contributed by atoms with E-state index >= 15 is 0 Å². The Hall–Kier alpha value is -2.89. The quantitative estimate of drug-likeness (QED) is 0.843. The number of anilines is 1. The molecule has 1 aliphatic heterocycles. The van der Waals surface area contributed by atoms with Crippen LogP contribution in [0.1, 0.15) is 30.9 Å². The molecule has 0 spiro atoms. The number of nitrogens with one attached hydrogen (secondary N) is 1. The summed E-state index contributed by atoms with van der Waals surface area (Å²) in [4.78, 5) is 20.5. The van der Waals surface area contributed by atoms with E-state index in [2.05, 4.69) is 9.97 Å². The maximum atomic E-state index is 14.6. The fourth-order valence-electron chi connectivity index (χ4n) is 2.75. The molecule has 1 aromatic carbocycles. The summed E-state index contributed by atoms with van der Waals surface area (Å²) in [7, 11) is 0. The summed E-state index contributed by atoms with van der Waals surface area (Å²) in [5, 5.41) is 0. The summed E-state index contributed by atoms with van der Waals surface area (Å²) in [6.45, 7) is 6.00. The van der Waals surface area contributed by atoms with E-state index in [4.69, 9.17) is 4.74 Å². The number of allylic oxidation sites excluding steroid dienone is 3. The normalized spacial score (nSPS) is 18.2. The lowest BCUT2D eigenvalue weighted by molar-refractivity contribution is 0.150. The number of hydrogen-bond acceptors (Lipinski definition) is 3. The van der Waals surface area contributed by atoms with Crippen molar-refractivity contribution in [1.82, 2.24) is 9.97 Å². The minimum Gasteiger partial charge on any atom is -0.444 e. The minimum absolute atomic E-state index is 0.193. The largest absolute Gasteiger partial charge is 0.444 e. The molecule has 1 fully saturated rings. The molecular weight excluding hydrogens is 321 g/mol. The molecule has 1 N–H and O–H groups in total. The maximum Gasteiger partial charge on any atom is 0.414 e. The van der Waals surface area contributed by atoms with Gasteiger partial charge in [-0.25, -0.2) is 14.2 Å². The number of cyclic esters (lactones) is 1. The van der Waals surface area contributed by atoms with Crippen LogP contribution in [0.5, 0.6) is 0 Å². The number of nitrogens with zero attached hydrogens (tertiary/aromatic N) is 2. The zero-order valence-corrected chi connectivity index (χ0v) is 14.4. The highest BCUT2D eigenvalue weighted by molar-refractivity contribution is 5.90. The Balaban J connectivity index is 1.84. The molecule has 130 valence electrons. The molecular formula is C19H20FN3O2. The number of aromatic nitrogens is 2. The van der Waals surface area contributed by atoms with E-state index in [0.717, 1.165) is 11.3 Å². The van der Waals surface area contributed by atoms with Crippen LogP contribution in [0, 0.1) is 12.7 Å². The van der Waals surface area contributed by atoms with Crippen molar-refractivity contribution < 1.29 is 13.9 Å². The summed E-state index contributed by atoms with van der Waals surface area (Å²) >= 11 is 0. The van der Waals surface area contributed by atoms with Crippen molar-refractivity contribution in [3.8, 4) is 0 Å². The van der Waals surface area contributed by atoms with Crippen LogP contribution in [0.2, 0.25) is 0 Å². The van der Waals surface area contributed by atoms with Gasteiger partial charge in [0, 0.05) is 17.5 Å². The SMILES string of the molecule is C/C=C(\C=C/c1ncc(C)[nH]1)c1ccc(N2CC(C)OC2=O)cc1F. The molecule has 6 heteroatoms. The van der Waals surface area contributed by atoms with Gasteiger partial charge in [-0.15, -0.1) is 0 Å². The van der Waals surface area contributed by atoms with Crippen LogP contribution in [0.25, 0.3) is 11.6 Å². The number of hydrogen-bond donors (Lipinski definition) is 1. The van der Waals surface area contributed by atoms with Crippen molar-refractivity contribution in [2.75, 3.05) is 11.4 Å². The molecule has 1 saturated heterocycles. The second-order valence-electron chi connectivity index (χ2n) is 6.00. The Morgan fingerprint density at radius 2 is 2.28 bits per heavy atom. The van der Waals surface area contributed by atoms with E-state index < -0.39 is 11.9 Å². The van der Waals surface area contributed by atoms with Crippen LogP contribution in [-0.2, 0) is 4.74 Å². The number of carbonyl (C=O) groups is 1. The standard InChI is InChI=1S/C19H20FN3O2/c1-4-14(5-8-18-21-10-12(2)22-18)16-7-6-15(9-17(16)20)23-11-13(3)25-19(23)24/h4-10,13H,11H2,1-3H3,(H,21,22)/b8-5-,14-4+. The van der Waals surface area contributed by atoms with Crippen molar-refractivity contribution in [3.63, 3.8) is 0 Å². The number of rotatable bonds is 4. The van der Waals surface area contributed by atoms with Gasteiger partial charge in [0.05, 0.1) is 12.2 Å². The molecule has 25 heavy (non-hydrogen) atoms. The molecule has 1 atom stereocenters. The number of ether oxygens (including phenoxy) is 1. The number of aromatic amines is 1. The van der Waals surface area contributed by atoms with Crippen LogP contribution in [0.3, 0.4) is 0 Å². The second-order valence-corrected chi connectivity index (χ2v) is 6.00. The molecule has 1 aliphatic rings. The van der Waals surface area contributed by atoms with Gasteiger partial charge in [0.1, 0.15) is 17.7 Å². The highest BCUT2D eigenvalue weighted by atomic mass is 19.1. The molecule has 1 amide bonds. The van der Waals surface area contributed by atoms with Crippen molar-refractivity contribution in [3.05, 3.63) is 59.4 Å². The maximum absolute atomic E-state index is 14.6. The van der Waals surface area contributed by atoms with Crippen LogP contribution < -0.4 is 4.90 Å². The topological polar surface area (TPSA) is 58.2 Å². The number of aryl methyl sites for hydroxylation is 1. The van der Waals surface area contributed by atoms with Crippen LogP contribution in [0.4, 0.5) is 14.9 Å². The molecule has 0 radical (unpaired) electrons. The first-order valence-corrected chi connectivity index (χ1v) is 8.12. The fourth-order valence-corrected chi connectivity index (χ4v) is 2.75. The van der Waals surface area contributed by atoms with Crippen molar-refractivity contribution >= 4 is 23.4 Å². The first kappa shape index (κ1) is 17.0. The lowest BCUT2D eigenvalue weighted by Crippen LogP contribution is -2.24. The van der Waals surface area contributed by atoms with Gasteiger partial charge in [-0.1, -0.05) is 12.2 Å². The summed E-state index contributed by atoms with van der Waals surface area (Å²) in [5.41, 5.74) is 2.66. The Kier molecular flexibility index (Phi) is 4.70. The third kappa shape index (κ3) is 3.63. The number of H-pyrrole nitrogens is 1. The Morgan fingerprint density at radius 3 is 2.84 bits per heavy atom. The monoisotopic (exact) mass is 341 g/mol. The average Bonchev–Trinajstić information content (AvgIpc) is 3.14. The third-order valence-corrected chi connectivity index (χ3v) is 3.99. The molecule has 0 aliphatic carbocycles. The molecule has 5 nitrogen and oxygen atoms in total. The van der Waals surface area contributed by atoms with Gasteiger partial charge in [0.2, 0.25) is 0 Å². The number of benzene rings is 1. The van der Waals surface area contributed by atoms with Gasteiger partial charge < -0.3 is 9.72 Å². The smallest absolute Gasteiger partial charge is 0.414 e. The van der Waals surface area contributed by atoms with Crippen molar-refractivity contribution in [2.24, 2.45) is 0 Å². The Bertz CT molecular complexity index is 854. The Morgan fingerprint density at radius 1 is 1.48 bits per heavy atom. The molecule has 2 aromatic rings. The number of carbonyl (C=O) groups excluding carboxylic acids is 1. The predicted molar refractivity (Wildman–Crippen MR) is 95.7 cm³/mol. The summed E-state index contributed by atoms with van der Waals surface area (Å²) in [6, 6.07) is 4.77. The van der Waals surface area contributed by atoms with E-state index in [1.807, 2.05) is 32.9 Å². The van der Waals surface area contributed by atoms with Crippen molar-refractivity contribution in [2.45, 2.75) is 26.9 Å². The van der Waals surface area contributed by atoms with E-state index in [1.54, 1.807) is 24.4 Å². The molecule has 2 heterocycles. The first-order valence-electron chi connectivity index (χ1n) is 8.12. The highest BCUT2D eigenvalue weighted by Crippen LogP contribution is 2.27. The van der Waals surface area contributed by atoms with Crippen molar-refractivity contribution in [1.29, 1.82) is 0 Å². The van der Waals surface area contributed by atoms with Gasteiger partial charge in [0.15, 0.2) is 0 Å². The lowest BCUT2D eigenvalue weighted by Gasteiger charge is -2.14. The molecule has 0 saturated carbocycles. The van der Waals surface area contributed by atoms with E-state index in [9.17, 15) is 9.18 Å². The average molecular weight is 341 g/mol. The summed E-state index contributed by atoms with van der Waals surface area (Å²) in [6.07, 6.45) is 6.54. The van der Waals surface area contributed by atoms with E-state index in [0.29, 0.717) is 23.6 Å². The lowest BCUT2D eigenvalue weighted by atomic mass is 10.0. The Labute approximate surface area is 145 Å². The number of halogens is 1. The first-order chi connectivity index (χ1) is 12.0. The van der Waals surface area contributed by atoms with Crippen LogP contribution in [-0.4, -0.2) is 28.7 Å². The molecule has 0 bridgehead atoms. The number of amides is 1. The van der Waals surface area contributed by atoms with Gasteiger partial charge >= 0.3 is 6.09 Å². The van der Waals surface area contributed by atoms with Crippen LogP contribution >= 0.6 is 0 Å². The summed E-state index contributed by atoms with van der Waals surface area (Å²) < 4.78 is 19.7. The van der Waals surface area contributed by atoms with Crippen LogP contribution in [0.15, 0.2) is 36.5 Å². The molecule has 1 unspecified atom stereocenters. The predicted octanol–water partition coefficient (Wildman–Crippen LogP) is 4.32. The molecule has 1 aromatic heterocycles. The minimum atomic E-state index is -0.445. The highest BCUT2D eigenvalue weighted by Gasteiger charge is 2.29. The zero-order chi connectivity index (χ0) is 18.0. The second kappa shape index (κ2) is 6.93. The summed E-state index contributed by atoms with van der Waals surface area (Å²) in [5.74, 6) is 0.320. The third-order valence-electron chi connectivity index (χ3n) is 3.99. The van der Waals surface area contributed by atoms with Gasteiger partial charge in [-0.05, 0) is 50.6 Å². The van der Waals surface area contributed by atoms with Gasteiger partial charge in [-0.3, -0.25) is 4.90 Å². The zero-order valence-electron chi connectivity index (χ0n) is 14.4. The van der Waals surface area contributed by atoms with Gasteiger partial charge in [0.25, 0.3) is 0 Å². The van der Waals surface area contributed by atoms with E-state index in [-0.39, 0.29) is 6.10 Å². The molecule has 3 rings (SSSR count). The van der Waals surface area contributed by atoms with Gasteiger partial charge in [-0.2, -0.15) is 0 Å². The number of imidazole rings is 1.